The molecule has 5 nitrogen and oxygen atoms in total. The van der Waals surface area contributed by atoms with Crippen LogP contribution in [0, 0.1) is 25.3 Å². The second-order valence-corrected chi connectivity index (χ2v) is 8.75. The van der Waals surface area contributed by atoms with E-state index < -0.39 is 5.41 Å². The van der Waals surface area contributed by atoms with E-state index in [0.29, 0.717) is 6.42 Å². The molecule has 30 heavy (non-hydrogen) atoms. The average molecular weight is 402 g/mol. The van der Waals surface area contributed by atoms with Crippen molar-refractivity contribution in [3.05, 3.63) is 82.6 Å². The fourth-order valence-corrected chi connectivity index (χ4v) is 5.29. The largest absolute Gasteiger partial charge is 0.513 e. The number of aryl methyl sites for hydroxylation is 2. The minimum Gasteiger partial charge on any atom is -0.513 e. The number of imidazole rings is 1. The lowest BCUT2D eigenvalue weighted by atomic mass is 9.59. The Morgan fingerprint density at radius 3 is 2.93 bits per heavy atom. The third-order valence-corrected chi connectivity index (χ3v) is 6.81. The van der Waals surface area contributed by atoms with Crippen LogP contribution in [0.3, 0.4) is 0 Å². The molecule has 1 heterocycles. The number of aromatic nitrogens is 2. The van der Waals surface area contributed by atoms with Gasteiger partial charge in [-0.2, -0.15) is 0 Å². The SMILES string of the molecule is [C-]#[N+]C1=C[C@]2(C)c3nc(C)n(-c4cccc(CCC(=C)O)c4)c3CC[C@H]2[C@H](C)C1=O. The summed E-state index contributed by atoms with van der Waals surface area (Å²) in [6, 6.07) is 8.30. The van der Waals surface area contributed by atoms with E-state index in [1.165, 1.54) is 0 Å². The maximum Gasteiger partial charge on any atom is 0.226 e. The molecule has 2 aromatic rings. The van der Waals surface area contributed by atoms with E-state index in [4.69, 9.17) is 11.6 Å². The number of benzene rings is 1. The van der Waals surface area contributed by atoms with Gasteiger partial charge in [-0.1, -0.05) is 38.6 Å². The second-order valence-electron chi connectivity index (χ2n) is 8.75. The van der Waals surface area contributed by atoms with Gasteiger partial charge in [0.15, 0.2) is 5.78 Å². The quantitative estimate of drug-likeness (QED) is 0.578. The molecule has 0 spiro atoms. The lowest BCUT2D eigenvalue weighted by Crippen LogP contribution is -2.45. The number of Topliss-reactive ketones (excluding diaryl/α,β-unsaturated/α-hetero) is 1. The maximum atomic E-state index is 12.6. The van der Waals surface area contributed by atoms with Crippen LogP contribution in [-0.4, -0.2) is 20.4 Å². The highest BCUT2D eigenvalue weighted by atomic mass is 16.3. The van der Waals surface area contributed by atoms with Crippen LogP contribution in [0.4, 0.5) is 0 Å². The fourth-order valence-electron chi connectivity index (χ4n) is 5.29. The van der Waals surface area contributed by atoms with E-state index in [1.807, 2.05) is 26.0 Å². The van der Waals surface area contributed by atoms with Crippen LogP contribution in [-0.2, 0) is 23.1 Å². The minimum absolute atomic E-state index is 0.0368. The molecule has 3 atom stereocenters. The number of rotatable bonds is 4. The monoisotopic (exact) mass is 401 g/mol. The van der Waals surface area contributed by atoms with Crippen molar-refractivity contribution in [1.29, 1.82) is 0 Å². The van der Waals surface area contributed by atoms with Crippen molar-refractivity contribution in [2.75, 3.05) is 0 Å². The van der Waals surface area contributed by atoms with Gasteiger partial charge in [0.1, 0.15) is 5.82 Å². The van der Waals surface area contributed by atoms with E-state index >= 15 is 0 Å². The Morgan fingerprint density at radius 2 is 2.23 bits per heavy atom. The van der Waals surface area contributed by atoms with Gasteiger partial charge in [-0.3, -0.25) is 0 Å². The Balaban J connectivity index is 1.81. The van der Waals surface area contributed by atoms with Gasteiger partial charge in [0.2, 0.25) is 5.70 Å². The van der Waals surface area contributed by atoms with Crippen LogP contribution in [0.2, 0.25) is 0 Å². The van der Waals surface area contributed by atoms with Crippen molar-refractivity contribution in [3.63, 3.8) is 0 Å². The minimum atomic E-state index is -0.414. The molecule has 0 radical (unpaired) electrons. The molecule has 2 aliphatic carbocycles. The molecule has 0 saturated carbocycles. The molecule has 1 N–H and O–H groups in total. The third kappa shape index (κ3) is 3.08. The Labute approximate surface area is 177 Å². The van der Waals surface area contributed by atoms with Crippen LogP contribution >= 0.6 is 0 Å². The summed E-state index contributed by atoms with van der Waals surface area (Å²) in [4.78, 5) is 21.1. The van der Waals surface area contributed by atoms with Gasteiger partial charge in [-0.15, -0.1) is 0 Å². The molecule has 4 rings (SSSR count). The van der Waals surface area contributed by atoms with Gasteiger partial charge in [0.05, 0.1) is 18.0 Å². The first-order valence-corrected chi connectivity index (χ1v) is 10.5. The van der Waals surface area contributed by atoms with Crippen LogP contribution in [0.15, 0.2) is 48.4 Å². The Bertz CT molecular complexity index is 1120. The average Bonchev–Trinajstić information content (AvgIpc) is 3.06. The summed E-state index contributed by atoms with van der Waals surface area (Å²) in [5.74, 6) is 1.06. The second kappa shape index (κ2) is 7.28. The summed E-state index contributed by atoms with van der Waals surface area (Å²) >= 11 is 0. The van der Waals surface area contributed by atoms with Crippen molar-refractivity contribution in [3.8, 4) is 5.69 Å². The number of ketones is 1. The zero-order chi connectivity index (χ0) is 21.6. The Hall–Kier alpha value is -3.13. The standard InChI is InChI=1S/C25H27N3O2/c1-15(29)9-10-18-7-6-8-19(13-18)28-17(3)27-24-22(28)12-11-20-16(2)23(30)21(26-5)14-25(20,24)4/h6-8,13-14,16,20,29H,1,9-12H2,2-4H3/t16-,20-,25-/m0/s1. The topological polar surface area (TPSA) is 59.5 Å². The van der Waals surface area contributed by atoms with E-state index in [1.54, 1.807) is 0 Å². The van der Waals surface area contributed by atoms with Gasteiger partial charge in [-0.05, 0) is 49.8 Å². The van der Waals surface area contributed by atoms with Crippen LogP contribution in [0.25, 0.3) is 10.5 Å². The predicted molar refractivity (Wildman–Crippen MR) is 116 cm³/mol. The zero-order valence-corrected chi connectivity index (χ0v) is 17.8. The van der Waals surface area contributed by atoms with Crippen molar-refractivity contribution >= 4 is 5.78 Å². The number of carbonyl (C=O) groups is 1. The number of fused-ring (bicyclic) bond motifs is 3. The summed E-state index contributed by atoms with van der Waals surface area (Å²) in [6.07, 6.45) is 4.89. The summed E-state index contributed by atoms with van der Waals surface area (Å²) in [5.41, 5.74) is 4.17. The van der Waals surface area contributed by atoms with Gasteiger partial charge in [0, 0.05) is 29.1 Å². The smallest absolute Gasteiger partial charge is 0.226 e. The van der Waals surface area contributed by atoms with Crippen molar-refractivity contribution in [2.45, 2.75) is 51.9 Å². The molecule has 0 unspecified atom stereocenters. The van der Waals surface area contributed by atoms with E-state index in [-0.39, 0.29) is 29.1 Å². The van der Waals surface area contributed by atoms with Crippen LogP contribution < -0.4 is 0 Å². The lowest BCUT2D eigenvalue weighted by Gasteiger charge is -2.44. The first-order valence-electron chi connectivity index (χ1n) is 10.5. The van der Waals surface area contributed by atoms with Crippen LogP contribution in [0.5, 0.6) is 0 Å². The normalized spacial score (nSPS) is 25.1. The summed E-state index contributed by atoms with van der Waals surface area (Å²) in [6.45, 7) is 17.1. The molecular formula is C25H27N3O2. The molecular weight excluding hydrogens is 374 g/mol. The van der Waals surface area contributed by atoms with Gasteiger partial charge in [-0.25, -0.2) is 9.83 Å². The van der Waals surface area contributed by atoms with Crippen molar-refractivity contribution < 1.29 is 9.90 Å². The molecule has 154 valence electrons. The summed E-state index contributed by atoms with van der Waals surface area (Å²) in [5, 5.41) is 9.43. The van der Waals surface area contributed by atoms with Crippen molar-refractivity contribution in [1.82, 2.24) is 9.55 Å². The highest BCUT2D eigenvalue weighted by Gasteiger charge is 2.49. The van der Waals surface area contributed by atoms with Gasteiger partial charge in [0.25, 0.3) is 0 Å². The molecule has 2 aliphatic rings. The van der Waals surface area contributed by atoms with Crippen molar-refractivity contribution in [2.24, 2.45) is 11.8 Å². The van der Waals surface area contributed by atoms with Gasteiger partial charge < -0.3 is 14.5 Å². The third-order valence-electron chi connectivity index (χ3n) is 6.81. The molecule has 1 aromatic carbocycles. The molecule has 0 aliphatic heterocycles. The highest BCUT2D eigenvalue weighted by Crippen LogP contribution is 2.50. The number of carbonyl (C=O) groups excluding carboxylic acids is 1. The van der Waals surface area contributed by atoms with E-state index in [2.05, 4.69) is 41.1 Å². The first-order chi connectivity index (χ1) is 14.3. The number of aliphatic hydroxyl groups excluding tert-OH is 1. The predicted octanol–water partition coefficient (Wildman–Crippen LogP) is 5.03. The zero-order valence-electron chi connectivity index (χ0n) is 17.8. The highest BCUT2D eigenvalue weighted by molar-refractivity contribution is 6.00. The number of aliphatic hydroxyl groups is 1. The van der Waals surface area contributed by atoms with Crippen LogP contribution in [0.1, 0.15) is 49.5 Å². The Kier molecular flexibility index (Phi) is 4.89. The molecule has 0 fully saturated rings. The first kappa shape index (κ1) is 20.2. The lowest BCUT2D eigenvalue weighted by molar-refractivity contribution is -0.121. The van der Waals surface area contributed by atoms with E-state index in [0.717, 1.165) is 47.7 Å². The molecule has 5 heteroatoms. The molecule has 0 bridgehead atoms. The summed E-state index contributed by atoms with van der Waals surface area (Å²) < 4.78 is 2.21. The number of nitrogens with zero attached hydrogens (tertiary/aromatic N) is 3. The molecule has 0 amide bonds. The van der Waals surface area contributed by atoms with Gasteiger partial charge >= 0.3 is 0 Å². The fraction of sp³-hybridized carbons (Fsp3) is 0.400. The molecule has 0 saturated heterocycles. The Morgan fingerprint density at radius 1 is 1.47 bits per heavy atom. The number of allylic oxidation sites excluding steroid dienone is 3. The maximum absolute atomic E-state index is 12.6. The molecule has 1 aromatic heterocycles. The number of hydrogen-bond acceptors (Lipinski definition) is 3. The summed E-state index contributed by atoms with van der Waals surface area (Å²) in [7, 11) is 0. The number of hydrogen-bond donors (Lipinski definition) is 1. The van der Waals surface area contributed by atoms with E-state index in [9.17, 15) is 9.90 Å².